The van der Waals surface area contributed by atoms with Crippen molar-refractivity contribution < 1.29 is 14.0 Å². The molecule has 0 unspecified atom stereocenters. The zero-order valence-electron chi connectivity index (χ0n) is 13.8. The fourth-order valence-electron chi connectivity index (χ4n) is 2.50. The van der Waals surface area contributed by atoms with Gasteiger partial charge in [-0.15, -0.1) is 0 Å². The number of carbonyl (C=O) groups is 2. The van der Waals surface area contributed by atoms with Crippen molar-refractivity contribution in [1.29, 1.82) is 0 Å². The molecule has 0 radical (unpaired) electrons. The van der Waals surface area contributed by atoms with Gasteiger partial charge in [-0.1, -0.05) is 30.3 Å². The molecule has 0 atom stereocenters. The van der Waals surface area contributed by atoms with Gasteiger partial charge in [-0.25, -0.2) is 4.39 Å². The highest BCUT2D eigenvalue weighted by atomic mass is 19.1. The van der Waals surface area contributed by atoms with E-state index in [9.17, 15) is 14.0 Å². The number of aromatic nitrogens is 1. The molecule has 0 aliphatic rings. The van der Waals surface area contributed by atoms with E-state index in [4.69, 9.17) is 0 Å². The van der Waals surface area contributed by atoms with E-state index < -0.39 is 12.6 Å². The summed E-state index contributed by atoms with van der Waals surface area (Å²) in [4.78, 5) is 27.5. The number of pyridine rings is 1. The molecule has 2 aromatic carbocycles. The Bertz CT molecular complexity index is 929. The monoisotopic (exact) mass is 349 g/mol. The molecule has 0 bridgehead atoms. The molecule has 0 spiro atoms. The molecular formula is C20H16FN3O2. The predicted molar refractivity (Wildman–Crippen MR) is 98.7 cm³/mol. The van der Waals surface area contributed by atoms with Crippen molar-refractivity contribution >= 4 is 23.2 Å². The first kappa shape index (κ1) is 17.3. The molecule has 3 aromatic rings. The van der Waals surface area contributed by atoms with E-state index >= 15 is 0 Å². The third-order valence-electron chi connectivity index (χ3n) is 3.70. The van der Waals surface area contributed by atoms with Crippen molar-refractivity contribution in [3.63, 3.8) is 0 Å². The van der Waals surface area contributed by atoms with Crippen LogP contribution in [0.3, 0.4) is 0 Å². The van der Waals surface area contributed by atoms with Crippen LogP contribution in [0.25, 0.3) is 11.1 Å². The van der Waals surface area contributed by atoms with Crippen molar-refractivity contribution in [2.45, 2.75) is 0 Å². The van der Waals surface area contributed by atoms with Crippen LogP contribution in [-0.2, 0) is 4.79 Å². The van der Waals surface area contributed by atoms with Crippen molar-refractivity contribution in [2.75, 3.05) is 17.3 Å². The van der Waals surface area contributed by atoms with Crippen LogP contribution < -0.4 is 10.6 Å². The maximum atomic E-state index is 12.5. The molecule has 1 aromatic heterocycles. The zero-order chi connectivity index (χ0) is 18.4. The van der Waals surface area contributed by atoms with Crippen LogP contribution in [0.5, 0.6) is 0 Å². The molecule has 6 heteroatoms. The van der Waals surface area contributed by atoms with E-state index in [1.807, 2.05) is 18.2 Å². The Kier molecular flexibility index (Phi) is 5.34. The Morgan fingerprint density at radius 1 is 0.923 bits per heavy atom. The number of carbonyl (C=O) groups excluding carboxylic acids is 2. The molecule has 0 saturated heterocycles. The van der Waals surface area contributed by atoms with E-state index in [2.05, 4.69) is 15.6 Å². The lowest BCUT2D eigenvalue weighted by Crippen LogP contribution is -2.14. The second-order valence-electron chi connectivity index (χ2n) is 5.50. The SMILES string of the molecule is O=C(CF)Nc1ccccc1-c1cccc(NC(=O)c2ccncc2)c1. The molecular weight excluding hydrogens is 333 g/mol. The fourth-order valence-corrected chi connectivity index (χ4v) is 2.50. The summed E-state index contributed by atoms with van der Waals surface area (Å²) in [5.74, 6) is -0.955. The van der Waals surface area contributed by atoms with E-state index in [1.165, 1.54) is 0 Å². The van der Waals surface area contributed by atoms with Gasteiger partial charge in [0.05, 0.1) is 0 Å². The summed E-state index contributed by atoms with van der Waals surface area (Å²) >= 11 is 0. The highest BCUT2D eigenvalue weighted by Gasteiger charge is 2.10. The van der Waals surface area contributed by atoms with Crippen LogP contribution in [0.4, 0.5) is 15.8 Å². The lowest BCUT2D eigenvalue weighted by atomic mass is 10.0. The third kappa shape index (κ3) is 4.10. The summed E-state index contributed by atoms with van der Waals surface area (Å²) in [6, 6.07) is 17.6. The van der Waals surface area contributed by atoms with Gasteiger partial charge < -0.3 is 10.6 Å². The number of alkyl halides is 1. The number of para-hydroxylation sites is 1. The minimum absolute atomic E-state index is 0.247. The first-order valence-electron chi connectivity index (χ1n) is 7.94. The van der Waals surface area contributed by atoms with Crippen LogP contribution in [-0.4, -0.2) is 23.5 Å². The van der Waals surface area contributed by atoms with E-state index in [1.54, 1.807) is 54.9 Å². The molecule has 26 heavy (non-hydrogen) atoms. The Labute approximate surface area is 149 Å². The quantitative estimate of drug-likeness (QED) is 0.734. The van der Waals surface area contributed by atoms with Crippen LogP contribution in [0, 0.1) is 0 Å². The molecule has 5 nitrogen and oxygen atoms in total. The van der Waals surface area contributed by atoms with E-state index in [0.29, 0.717) is 16.9 Å². The summed E-state index contributed by atoms with van der Waals surface area (Å²) in [6.07, 6.45) is 3.10. The lowest BCUT2D eigenvalue weighted by Gasteiger charge is -2.12. The van der Waals surface area contributed by atoms with Crippen molar-refractivity contribution in [3.05, 3.63) is 78.6 Å². The molecule has 2 amide bonds. The van der Waals surface area contributed by atoms with Gasteiger partial charge in [0, 0.05) is 34.9 Å². The fraction of sp³-hybridized carbons (Fsp3) is 0.0500. The van der Waals surface area contributed by atoms with Crippen LogP contribution in [0.1, 0.15) is 10.4 Å². The minimum Gasteiger partial charge on any atom is -0.323 e. The number of amides is 2. The second kappa shape index (κ2) is 8.02. The Morgan fingerprint density at radius 2 is 1.69 bits per heavy atom. The van der Waals surface area contributed by atoms with Crippen LogP contribution in [0.15, 0.2) is 73.1 Å². The standard InChI is InChI=1S/C20H16FN3O2/c21-13-19(25)24-18-7-2-1-6-17(18)15-4-3-5-16(12-15)23-20(26)14-8-10-22-11-9-14/h1-12H,13H2,(H,23,26)(H,24,25). The van der Waals surface area contributed by atoms with Gasteiger partial charge in [-0.3, -0.25) is 14.6 Å². The molecule has 0 fully saturated rings. The molecule has 0 saturated carbocycles. The average molecular weight is 349 g/mol. The Hall–Kier alpha value is -3.54. The second-order valence-corrected chi connectivity index (χ2v) is 5.50. The number of rotatable bonds is 5. The van der Waals surface area contributed by atoms with Crippen molar-refractivity contribution in [1.82, 2.24) is 4.98 Å². The summed E-state index contributed by atoms with van der Waals surface area (Å²) in [5.41, 5.74) is 3.13. The highest BCUT2D eigenvalue weighted by molar-refractivity contribution is 6.04. The average Bonchev–Trinajstić information content (AvgIpc) is 2.69. The van der Waals surface area contributed by atoms with Gasteiger partial charge in [0.1, 0.15) is 0 Å². The van der Waals surface area contributed by atoms with E-state index in [0.717, 1.165) is 11.1 Å². The van der Waals surface area contributed by atoms with Gasteiger partial charge in [-0.2, -0.15) is 0 Å². The number of nitrogens with zero attached hydrogens (tertiary/aromatic N) is 1. The van der Waals surface area contributed by atoms with Crippen LogP contribution in [0.2, 0.25) is 0 Å². The van der Waals surface area contributed by atoms with Crippen molar-refractivity contribution in [2.24, 2.45) is 0 Å². The first-order chi connectivity index (χ1) is 12.7. The maximum Gasteiger partial charge on any atom is 0.255 e. The smallest absolute Gasteiger partial charge is 0.255 e. The van der Waals surface area contributed by atoms with Gasteiger partial charge in [0.2, 0.25) is 0 Å². The highest BCUT2D eigenvalue weighted by Crippen LogP contribution is 2.29. The number of benzene rings is 2. The van der Waals surface area contributed by atoms with Gasteiger partial charge in [0.25, 0.3) is 11.8 Å². The summed E-state index contributed by atoms with van der Waals surface area (Å²) in [5, 5.41) is 5.36. The summed E-state index contributed by atoms with van der Waals surface area (Å²) in [6.45, 7) is -1.09. The normalized spacial score (nSPS) is 10.2. The van der Waals surface area contributed by atoms with E-state index in [-0.39, 0.29) is 5.91 Å². The maximum absolute atomic E-state index is 12.5. The topological polar surface area (TPSA) is 71.1 Å². The number of nitrogens with one attached hydrogen (secondary N) is 2. The number of halogens is 1. The van der Waals surface area contributed by atoms with Crippen LogP contribution >= 0.6 is 0 Å². The Balaban J connectivity index is 1.86. The zero-order valence-corrected chi connectivity index (χ0v) is 13.8. The molecule has 1 heterocycles. The molecule has 130 valence electrons. The van der Waals surface area contributed by atoms with Gasteiger partial charge in [0.15, 0.2) is 6.67 Å². The van der Waals surface area contributed by atoms with Gasteiger partial charge in [-0.05, 0) is 35.9 Å². The molecule has 0 aliphatic carbocycles. The largest absolute Gasteiger partial charge is 0.323 e. The Morgan fingerprint density at radius 3 is 2.46 bits per heavy atom. The summed E-state index contributed by atoms with van der Waals surface area (Å²) < 4.78 is 12.5. The summed E-state index contributed by atoms with van der Waals surface area (Å²) in [7, 11) is 0. The minimum atomic E-state index is -1.09. The molecule has 2 N–H and O–H groups in total. The number of hydrogen-bond acceptors (Lipinski definition) is 3. The molecule has 0 aliphatic heterocycles. The molecule has 3 rings (SSSR count). The lowest BCUT2D eigenvalue weighted by molar-refractivity contribution is -0.117. The number of anilines is 2. The van der Waals surface area contributed by atoms with Crippen molar-refractivity contribution in [3.8, 4) is 11.1 Å². The predicted octanol–water partition coefficient (Wildman–Crippen LogP) is 3.91. The van der Waals surface area contributed by atoms with Gasteiger partial charge >= 0.3 is 0 Å². The number of hydrogen-bond donors (Lipinski definition) is 2. The first-order valence-corrected chi connectivity index (χ1v) is 7.94. The third-order valence-corrected chi connectivity index (χ3v) is 3.70.